The van der Waals surface area contributed by atoms with Gasteiger partial charge in [0.15, 0.2) is 0 Å². The summed E-state index contributed by atoms with van der Waals surface area (Å²) in [5.74, 6) is 0. The van der Waals surface area contributed by atoms with Crippen molar-refractivity contribution in [3.63, 3.8) is 0 Å². The van der Waals surface area contributed by atoms with Crippen LogP contribution in [0.2, 0.25) is 0 Å². The summed E-state index contributed by atoms with van der Waals surface area (Å²) in [7, 11) is 0. The molecule has 0 atom stereocenters. The third kappa shape index (κ3) is 1.76. The Balaban J connectivity index is 2.74. The molecule has 0 aliphatic heterocycles. The molecule has 0 N–H and O–H groups in total. The zero-order valence-electron chi connectivity index (χ0n) is 8.96. The number of benzene rings is 1. The maximum atomic E-state index is 10.7. The molecule has 0 spiro atoms. The van der Waals surface area contributed by atoms with Crippen LogP contribution in [0.4, 0.5) is 5.69 Å². The summed E-state index contributed by atoms with van der Waals surface area (Å²) < 4.78 is 1.77. The summed E-state index contributed by atoms with van der Waals surface area (Å²) in [6.07, 6.45) is 3.36. The first-order chi connectivity index (χ1) is 8.17. The molecule has 0 radical (unpaired) electrons. The molecular weight excluding hydrogens is 218 g/mol. The van der Waals surface area contributed by atoms with Gasteiger partial charge in [0.05, 0.1) is 16.0 Å². The molecule has 0 amide bonds. The number of hydrogen-bond donors (Lipinski definition) is 0. The van der Waals surface area contributed by atoms with Crippen molar-refractivity contribution in [3.8, 4) is 6.07 Å². The zero-order chi connectivity index (χ0) is 12.4. The second-order valence-corrected chi connectivity index (χ2v) is 3.55. The summed E-state index contributed by atoms with van der Waals surface area (Å²) in [6, 6.07) is 6.55. The zero-order valence-corrected chi connectivity index (χ0v) is 8.96. The molecule has 0 bridgehead atoms. The van der Waals surface area contributed by atoms with Crippen LogP contribution in [0.15, 0.2) is 37.1 Å². The van der Waals surface area contributed by atoms with E-state index in [0.29, 0.717) is 17.6 Å². The Morgan fingerprint density at radius 1 is 1.59 bits per heavy atom. The molecule has 0 unspecified atom stereocenters. The van der Waals surface area contributed by atoms with Gasteiger partial charge in [-0.2, -0.15) is 5.26 Å². The number of aromatic nitrogens is 1. The first-order valence-corrected chi connectivity index (χ1v) is 4.95. The Kier molecular flexibility index (Phi) is 2.63. The van der Waals surface area contributed by atoms with Gasteiger partial charge in [-0.15, -0.1) is 6.58 Å². The van der Waals surface area contributed by atoms with E-state index < -0.39 is 4.92 Å². The molecule has 0 aliphatic carbocycles. The predicted molar refractivity (Wildman–Crippen MR) is 63.5 cm³/mol. The van der Waals surface area contributed by atoms with Gasteiger partial charge in [-0.25, -0.2) is 0 Å². The molecule has 0 saturated carbocycles. The van der Waals surface area contributed by atoms with Crippen LogP contribution >= 0.6 is 0 Å². The Hall–Kier alpha value is -2.61. The second kappa shape index (κ2) is 4.10. The molecule has 2 aromatic rings. The van der Waals surface area contributed by atoms with Crippen molar-refractivity contribution in [1.29, 1.82) is 5.26 Å². The van der Waals surface area contributed by atoms with Crippen molar-refractivity contribution in [2.75, 3.05) is 0 Å². The Bertz CT molecular complexity index is 650. The minimum atomic E-state index is -0.448. The van der Waals surface area contributed by atoms with E-state index in [1.54, 1.807) is 22.9 Å². The average molecular weight is 227 g/mol. The number of nitro groups is 1. The van der Waals surface area contributed by atoms with Crippen molar-refractivity contribution in [1.82, 2.24) is 4.57 Å². The number of allylic oxidation sites excluding steroid dienone is 1. The standard InChI is InChI=1S/C12H9N3O2/c1-2-5-14-8-9(7-13)11-4-3-10(15(16)17)6-12(11)14/h2-4,6,8H,1,5H2. The summed E-state index contributed by atoms with van der Waals surface area (Å²) in [5.41, 5.74) is 1.21. The van der Waals surface area contributed by atoms with Crippen LogP contribution in [0.1, 0.15) is 5.56 Å². The fourth-order valence-corrected chi connectivity index (χ4v) is 1.77. The van der Waals surface area contributed by atoms with Crippen molar-refractivity contribution in [2.45, 2.75) is 6.54 Å². The quantitative estimate of drug-likeness (QED) is 0.459. The van der Waals surface area contributed by atoms with Gasteiger partial charge in [-0.3, -0.25) is 10.1 Å². The molecule has 5 heteroatoms. The minimum absolute atomic E-state index is 0.0189. The van der Waals surface area contributed by atoms with Gasteiger partial charge >= 0.3 is 0 Å². The molecule has 2 rings (SSSR count). The molecule has 0 fully saturated rings. The monoisotopic (exact) mass is 227 g/mol. The third-order valence-corrected chi connectivity index (χ3v) is 2.52. The van der Waals surface area contributed by atoms with E-state index in [1.807, 2.05) is 0 Å². The SMILES string of the molecule is C=CCn1cc(C#N)c2ccc([N+](=O)[O-])cc21. The van der Waals surface area contributed by atoms with Crippen molar-refractivity contribution < 1.29 is 4.92 Å². The maximum absolute atomic E-state index is 10.7. The van der Waals surface area contributed by atoms with Crippen LogP contribution in [0.25, 0.3) is 10.9 Å². The molecule has 5 nitrogen and oxygen atoms in total. The lowest BCUT2D eigenvalue weighted by atomic mass is 10.2. The first kappa shape index (κ1) is 10.9. The third-order valence-electron chi connectivity index (χ3n) is 2.52. The van der Waals surface area contributed by atoms with Gasteiger partial charge in [0.2, 0.25) is 0 Å². The van der Waals surface area contributed by atoms with Crippen LogP contribution < -0.4 is 0 Å². The van der Waals surface area contributed by atoms with E-state index in [9.17, 15) is 10.1 Å². The van der Waals surface area contributed by atoms with Crippen molar-refractivity contribution >= 4 is 16.6 Å². The van der Waals surface area contributed by atoms with E-state index in [1.165, 1.54) is 12.1 Å². The number of non-ortho nitro benzene ring substituents is 1. The van der Waals surface area contributed by atoms with E-state index in [2.05, 4.69) is 12.6 Å². The molecule has 0 saturated heterocycles. The van der Waals surface area contributed by atoms with Gasteiger partial charge in [0.1, 0.15) is 6.07 Å². The van der Waals surface area contributed by atoms with Gasteiger partial charge in [-0.1, -0.05) is 6.08 Å². The average Bonchev–Trinajstić information content (AvgIpc) is 2.67. The highest BCUT2D eigenvalue weighted by atomic mass is 16.6. The number of hydrogen-bond acceptors (Lipinski definition) is 3. The lowest BCUT2D eigenvalue weighted by Gasteiger charge is -2.00. The van der Waals surface area contributed by atoms with Gasteiger partial charge in [0.25, 0.3) is 5.69 Å². The molecule has 84 valence electrons. The first-order valence-electron chi connectivity index (χ1n) is 4.95. The Morgan fingerprint density at radius 3 is 2.94 bits per heavy atom. The molecule has 1 aromatic carbocycles. The fraction of sp³-hybridized carbons (Fsp3) is 0.0833. The van der Waals surface area contributed by atoms with Crippen LogP contribution in [0, 0.1) is 21.4 Å². The van der Waals surface area contributed by atoms with E-state index in [4.69, 9.17) is 5.26 Å². The van der Waals surface area contributed by atoms with E-state index >= 15 is 0 Å². The number of fused-ring (bicyclic) bond motifs is 1. The summed E-state index contributed by atoms with van der Waals surface area (Å²) in [5, 5.41) is 20.4. The Labute approximate surface area is 97.3 Å². The van der Waals surface area contributed by atoms with Crippen molar-refractivity contribution in [2.24, 2.45) is 0 Å². The summed E-state index contributed by atoms with van der Waals surface area (Å²) in [4.78, 5) is 10.3. The number of nitriles is 1. The molecular formula is C12H9N3O2. The molecule has 17 heavy (non-hydrogen) atoms. The van der Waals surface area contributed by atoms with Crippen LogP contribution in [0.5, 0.6) is 0 Å². The smallest absolute Gasteiger partial charge is 0.271 e. The largest absolute Gasteiger partial charge is 0.342 e. The van der Waals surface area contributed by atoms with Crippen molar-refractivity contribution in [3.05, 3.63) is 52.7 Å². The number of nitrogens with zero attached hydrogens (tertiary/aromatic N) is 3. The fourth-order valence-electron chi connectivity index (χ4n) is 1.77. The lowest BCUT2D eigenvalue weighted by molar-refractivity contribution is -0.384. The topological polar surface area (TPSA) is 71.9 Å². The normalized spacial score (nSPS) is 10.1. The van der Waals surface area contributed by atoms with E-state index in [-0.39, 0.29) is 5.69 Å². The molecule has 0 aliphatic rings. The van der Waals surface area contributed by atoms with Gasteiger partial charge < -0.3 is 4.57 Å². The van der Waals surface area contributed by atoms with Gasteiger partial charge in [0, 0.05) is 30.3 Å². The van der Waals surface area contributed by atoms with Crippen LogP contribution in [-0.2, 0) is 6.54 Å². The number of nitro benzene ring substituents is 1. The highest BCUT2D eigenvalue weighted by Crippen LogP contribution is 2.25. The van der Waals surface area contributed by atoms with Gasteiger partial charge in [-0.05, 0) is 6.07 Å². The van der Waals surface area contributed by atoms with Crippen LogP contribution in [0.3, 0.4) is 0 Å². The lowest BCUT2D eigenvalue weighted by Crippen LogP contribution is -1.93. The Morgan fingerprint density at radius 2 is 2.35 bits per heavy atom. The maximum Gasteiger partial charge on any atom is 0.271 e. The number of rotatable bonds is 3. The molecule has 1 heterocycles. The highest BCUT2D eigenvalue weighted by Gasteiger charge is 2.12. The highest BCUT2D eigenvalue weighted by molar-refractivity contribution is 5.88. The van der Waals surface area contributed by atoms with E-state index in [0.717, 1.165) is 5.39 Å². The van der Waals surface area contributed by atoms with Crippen LogP contribution in [-0.4, -0.2) is 9.49 Å². The summed E-state index contributed by atoms with van der Waals surface area (Å²) >= 11 is 0. The minimum Gasteiger partial charge on any atom is -0.342 e. The molecule has 1 aromatic heterocycles. The second-order valence-electron chi connectivity index (χ2n) is 3.55. The predicted octanol–water partition coefficient (Wildman–Crippen LogP) is 2.61. The summed E-state index contributed by atoms with van der Waals surface area (Å²) in [6.45, 7) is 4.13.